The van der Waals surface area contributed by atoms with Crippen molar-refractivity contribution in [1.82, 2.24) is 5.01 Å². The number of hydrogen-bond donors (Lipinski definition) is 0. The molecule has 0 aromatic heterocycles. The van der Waals surface area contributed by atoms with Crippen LogP contribution in [0, 0.1) is 11.6 Å². The Morgan fingerprint density at radius 2 is 1.96 bits per heavy atom. The number of nitrogens with zero attached hydrogens (tertiary/aromatic N) is 2. The number of halogens is 2. The highest BCUT2D eigenvalue weighted by atomic mass is 19.1. The van der Waals surface area contributed by atoms with Gasteiger partial charge in [0.2, 0.25) is 0 Å². The lowest BCUT2D eigenvalue weighted by molar-refractivity contribution is -0.0391. The topological polar surface area (TPSA) is 34.1 Å². The van der Waals surface area contributed by atoms with E-state index in [2.05, 4.69) is 11.7 Å². The van der Waals surface area contributed by atoms with E-state index >= 15 is 0 Å². The molecule has 0 radical (unpaired) electrons. The van der Waals surface area contributed by atoms with Crippen molar-refractivity contribution in [3.63, 3.8) is 0 Å². The predicted molar refractivity (Wildman–Crippen MR) is 96.5 cm³/mol. The Bertz CT molecular complexity index is 742. The van der Waals surface area contributed by atoms with E-state index in [0.717, 1.165) is 18.5 Å². The van der Waals surface area contributed by atoms with Crippen molar-refractivity contribution in [3.05, 3.63) is 71.6 Å². The molecule has 26 heavy (non-hydrogen) atoms. The second kappa shape index (κ2) is 8.38. The normalized spacial score (nSPS) is 19.7. The van der Waals surface area contributed by atoms with E-state index in [9.17, 15) is 8.78 Å². The summed E-state index contributed by atoms with van der Waals surface area (Å²) in [5.41, 5.74) is 1.30. The third-order valence-electron chi connectivity index (χ3n) is 4.37. The van der Waals surface area contributed by atoms with E-state index in [1.165, 1.54) is 23.3 Å². The predicted octanol–water partition coefficient (Wildman–Crippen LogP) is 4.28. The molecule has 138 valence electrons. The molecule has 3 rings (SSSR count). The summed E-state index contributed by atoms with van der Waals surface area (Å²) in [4.78, 5) is 0. The Kier molecular flexibility index (Phi) is 5.96. The molecule has 0 bridgehead atoms. The van der Waals surface area contributed by atoms with Gasteiger partial charge in [-0.1, -0.05) is 12.7 Å². The molecule has 1 aromatic rings. The molecule has 1 fully saturated rings. The van der Waals surface area contributed by atoms with Crippen molar-refractivity contribution in [3.8, 4) is 0 Å². The summed E-state index contributed by atoms with van der Waals surface area (Å²) in [6.07, 6.45) is 8.33. The lowest BCUT2D eigenvalue weighted by Gasteiger charge is -2.23. The Balaban J connectivity index is 1.78. The summed E-state index contributed by atoms with van der Waals surface area (Å²) in [6, 6.07) is 2.61. The van der Waals surface area contributed by atoms with E-state index < -0.39 is 11.6 Å². The minimum atomic E-state index is -0.660. The zero-order valence-corrected chi connectivity index (χ0v) is 14.8. The molecule has 0 N–H and O–H groups in total. The first-order chi connectivity index (χ1) is 12.6. The molecule has 2 aliphatic rings. The van der Waals surface area contributed by atoms with Crippen LogP contribution in [-0.4, -0.2) is 30.0 Å². The maximum absolute atomic E-state index is 14.6. The monoisotopic (exact) mass is 360 g/mol. The number of hydrogen-bond acceptors (Lipinski definition) is 4. The minimum Gasteiger partial charge on any atom is -0.381 e. The maximum atomic E-state index is 14.6. The smallest absolute Gasteiger partial charge is 0.135 e. The van der Waals surface area contributed by atoms with Crippen molar-refractivity contribution in [2.45, 2.75) is 32.5 Å². The molecular weight excluding hydrogens is 338 g/mol. The number of hydrazone groups is 1. The third-order valence-corrected chi connectivity index (χ3v) is 4.37. The highest BCUT2D eigenvalue weighted by molar-refractivity contribution is 6.09. The fourth-order valence-corrected chi connectivity index (χ4v) is 2.97. The number of rotatable bonds is 5. The van der Waals surface area contributed by atoms with Crippen LogP contribution >= 0.6 is 0 Å². The molecule has 0 aliphatic carbocycles. The van der Waals surface area contributed by atoms with Gasteiger partial charge in [-0.2, -0.15) is 5.10 Å². The van der Waals surface area contributed by atoms with Gasteiger partial charge in [-0.25, -0.2) is 13.8 Å². The van der Waals surface area contributed by atoms with Gasteiger partial charge in [-0.15, -0.1) is 0 Å². The van der Waals surface area contributed by atoms with Crippen LogP contribution in [0.2, 0.25) is 0 Å². The summed E-state index contributed by atoms with van der Waals surface area (Å²) in [5, 5.41) is 5.73. The summed E-state index contributed by atoms with van der Waals surface area (Å²) in [5.74, 6) is -1.32. The van der Waals surface area contributed by atoms with Crippen molar-refractivity contribution in [2.75, 3.05) is 13.2 Å². The second-order valence-electron chi connectivity index (χ2n) is 6.12. The standard InChI is InChI=1S/C20H22F2N2O2/c1-3-15-5-6-19(23-24(15)4-2)20-17(21)11-14(12-18(20)22)13-26-16-7-9-25-10-8-16/h3-6,11-12,16H,2,7-10,13H2,1H3. The molecule has 0 unspecified atom stereocenters. The van der Waals surface area contributed by atoms with Crippen molar-refractivity contribution in [1.29, 1.82) is 0 Å². The molecule has 1 aromatic carbocycles. The summed E-state index contributed by atoms with van der Waals surface area (Å²) >= 11 is 0. The lowest BCUT2D eigenvalue weighted by Crippen LogP contribution is -2.23. The molecule has 2 aliphatic heterocycles. The number of ether oxygens (including phenoxy) is 2. The lowest BCUT2D eigenvalue weighted by atomic mass is 10.0. The van der Waals surface area contributed by atoms with Crippen LogP contribution in [0.15, 0.2) is 53.9 Å². The van der Waals surface area contributed by atoms with Crippen LogP contribution in [0.5, 0.6) is 0 Å². The summed E-state index contributed by atoms with van der Waals surface area (Å²) in [6.45, 7) is 7.01. The van der Waals surface area contributed by atoms with Crippen LogP contribution in [-0.2, 0) is 16.1 Å². The van der Waals surface area contributed by atoms with Crippen LogP contribution < -0.4 is 0 Å². The minimum absolute atomic E-state index is 0.0700. The molecule has 1 saturated heterocycles. The van der Waals surface area contributed by atoms with E-state index in [1.54, 1.807) is 12.2 Å². The molecule has 6 heteroatoms. The first kappa shape index (κ1) is 18.5. The van der Waals surface area contributed by atoms with Gasteiger partial charge >= 0.3 is 0 Å². The van der Waals surface area contributed by atoms with E-state index in [-0.39, 0.29) is 24.0 Å². The Labute approximate surface area is 152 Å². The quantitative estimate of drug-likeness (QED) is 0.786. The summed E-state index contributed by atoms with van der Waals surface area (Å²) in [7, 11) is 0. The van der Waals surface area contributed by atoms with Gasteiger partial charge in [0.15, 0.2) is 0 Å². The summed E-state index contributed by atoms with van der Waals surface area (Å²) < 4.78 is 40.2. The van der Waals surface area contributed by atoms with E-state index in [4.69, 9.17) is 9.47 Å². The highest BCUT2D eigenvalue weighted by Crippen LogP contribution is 2.23. The second-order valence-corrected chi connectivity index (χ2v) is 6.12. The van der Waals surface area contributed by atoms with Crippen LogP contribution in [0.3, 0.4) is 0 Å². The molecule has 0 atom stereocenters. The van der Waals surface area contributed by atoms with Crippen LogP contribution in [0.4, 0.5) is 8.78 Å². The average molecular weight is 360 g/mol. The van der Waals surface area contributed by atoms with Gasteiger partial charge in [0.05, 0.1) is 29.7 Å². The van der Waals surface area contributed by atoms with Gasteiger partial charge < -0.3 is 9.47 Å². The molecule has 4 nitrogen and oxygen atoms in total. The first-order valence-corrected chi connectivity index (χ1v) is 8.64. The maximum Gasteiger partial charge on any atom is 0.135 e. The zero-order valence-electron chi connectivity index (χ0n) is 14.8. The van der Waals surface area contributed by atoms with E-state index in [0.29, 0.717) is 18.8 Å². The molecule has 0 spiro atoms. The fourth-order valence-electron chi connectivity index (χ4n) is 2.97. The zero-order chi connectivity index (χ0) is 18.5. The van der Waals surface area contributed by atoms with Gasteiger partial charge in [0, 0.05) is 19.4 Å². The van der Waals surface area contributed by atoms with Crippen LogP contribution in [0.1, 0.15) is 30.9 Å². The molecule has 0 saturated carbocycles. The van der Waals surface area contributed by atoms with Gasteiger partial charge in [-0.3, -0.25) is 0 Å². The van der Waals surface area contributed by atoms with Crippen molar-refractivity contribution >= 4 is 5.71 Å². The fraction of sp³-hybridized carbons (Fsp3) is 0.350. The Hall–Kier alpha value is -2.31. The Morgan fingerprint density at radius 1 is 1.27 bits per heavy atom. The highest BCUT2D eigenvalue weighted by Gasteiger charge is 2.20. The van der Waals surface area contributed by atoms with Gasteiger partial charge in [0.25, 0.3) is 0 Å². The largest absolute Gasteiger partial charge is 0.381 e. The molecule has 2 heterocycles. The van der Waals surface area contributed by atoms with E-state index in [1.807, 2.05) is 13.0 Å². The van der Waals surface area contributed by atoms with Crippen molar-refractivity contribution in [2.24, 2.45) is 5.10 Å². The van der Waals surface area contributed by atoms with Crippen LogP contribution in [0.25, 0.3) is 0 Å². The molecule has 0 amide bonds. The average Bonchev–Trinajstić information content (AvgIpc) is 2.66. The molecular formula is C20H22F2N2O2. The van der Waals surface area contributed by atoms with Gasteiger partial charge in [0.1, 0.15) is 11.6 Å². The number of allylic oxidation sites excluding steroid dienone is 3. The Morgan fingerprint density at radius 3 is 2.58 bits per heavy atom. The van der Waals surface area contributed by atoms with Gasteiger partial charge in [-0.05, 0) is 49.6 Å². The van der Waals surface area contributed by atoms with Crippen molar-refractivity contribution < 1.29 is 18.3 Å². The third kappa shape index (κ3) is 4.08. The first-order valence-electron chi connectivity index (χ1n) is 8.64. The number of benzene rings is 1. The SMILES string of the molecule is C=CN1N=C(c2c(F)cc(COC3CCOCC3)cc2F)C=CC1=CC.